The van der Waals surface area contributed by atoms with Gasteiger partial charge in [0.15, 0.2) is 0 Å². The standard InChI is InChI=1S/C22H32N2O4S/c1-17(2)13-14-23-15-20(25)16-24(19-7-9-21(28-4)10-8-19)29(26,27)22-11-5-18(3)6-12-22/h5-12,17,20,23,25H,13-16H2,1-4H3/t20-/m1/s1. The van der Waals surface area contributed by atoms with Gasteiger partial charge in [-0.05, 0) is 62.2 Å². The predicted octanol–water partition coefficient (Wildman–Crippen LogP) is 3.20. The molecule has 0 saturated heterocycles. The van der Waals surface area contributed by atoms with Gasteiger partial charge in [0.2, 0.25) is 0 Å². The van der Waals surface area contributed by atoms with Crippen LogP contribution in [0.4, 0.5) is 5.69 Å². The second kappa shape index (κ2) is 10.6. The fourth-order valence-corrected chi connectivity index (χ4v) is 4.35. The van der Waals surface area contributed by atoms with Crippen molar-refractivity contribution < 1.29 is 18.3 Å². The molecule has 0 saturated carbocycles. The Kier molecular flexibility index (Phi) is 8.49. The minimum atomic E-state index is -3.82. The highest BCUT2D eigenvalue weighted by Gasteiger charge is 2.27. The lowest BCUT2D eigenvalue weighted by atomic mass is 10.1. The van der Waals surface area contributed by atoms with Crippen molar-refractivity contribution >= 4 is 15.7 Å². The number of hydrogen-bond donors (Lipinski definition) is 2. The molecule has 1 atom stereocenters. The van der Waals surface area contributed by atoms with Crippen molar-refractivity contribution in [2.45, 2.75) is 38.2 Å². The van der Waals surface area contributed by atoms with E-state index in [-0.39, 0.29) is 11.4 Å². The number of rotatable bonds is 11. The molecule has 0 spiro atoms. The minimum Gasteiger partial charge on any atom is -0.497 e. The van der Waals surface area contributed by atoms with E-state index in [4.69, 9.17) is 4.74 Å². The van der Waals surface area contributed by atoms with Crippen molar-refractivity contribution in [2.24, 2.45) is 5.92 Å². The smallest absolute Gasteiger partial charge is 0.264 e. The van der Waals surface area contributed by atoms with Crippen LogP contribution < -0.4 is 14.4 Å². The van der Waals surface area contributed by atoms with Crippen molar-refractivity contribution in [3.63, 3.8) is 0 Å². The van der Waals surface area contributed by atoms with Crippen molar-refractivity contribution in [1.82, 2.24) is 5.32 Å². The van der Waals surface area contributed by atoms with E-state index in [1.165, 1.54) is 4.31 Å². The summed E-state index contributed by atoms with van der Waals surface area (Å²) < 4.78 is 33.1. The number of sulfonamides is 1. The number of nitrogens with zero attached hydrogens (tertiary/aromatic N) is 1. The molecule has 0 radical (unpaired) electrons. The highest BCUT2D eigenvalue weighted by Crippen LogP contribution is 2.26. The summed E-state index contributed by atoms with van der Waals surface area (Å²) in [5.41, 5.74) is 1.46. The SMILES string of the molecule is COc1ccc(N(C[C@H](O)CNCCC(C)C)S(=O)(=O)c2ccc(C)cc2)cc1. The monoisotopic (exact) mass is 420 g/mol. The van der Waals surface area contributed by atoms with Gasteiger partial charge in [-0.25, -0.2) is 8.42 Å². The van der Waals surface area contributed by atoms with E-state index < -0.39 is 16.1 Å². The maximum atomic E-state index is 13.3. The van der Waals surface area contributed by atoms with Gasteiger partial charge >= 0.3 is 0 Å². The second-order valence-electron chi connectivity index (χ2n) is 7.59. The van der Waals surface area contributed by atoms with E-state index in [0.717, 1.165) is 18.5 Å². The van der Waals surface area contributed by atoms with E-state index in [0.29, 0.717) is 23.9 Å². The summed E-state index contributed by atoms with van der Waals surface area (Å²) >= 11 is 0. The molecule has 2 rings (SSSR count). The molecule has 0 heterocycles. The maximum absolute atomic E-state index is 13.3. The number of methoxy groups -OCH3 is 1. The summed E-state index contributed by atoms with van der Waals surface area (Å²) in [6.07, 6.45) is 0.154. The topological polar surface area (TPSA) is 78.9 Å². The Morgan fingerprint density at radius 2 is 1.69 bits per heavy atom. The molecule has 0 aromatic heterocycles. The molecule has 0 fully saturated rings. The van der Waals surface area contributed by atoms with Crippen LogP contribution in [-0.4, -0.2) is 46.4 Å². The molecule has 29 heavy (non-hydrogen) atoms. The number of benzene rings is 2. The van der Waals surface area contributed by atoms with Crippen LogP contribution in [-0.2, 0) is 10.0 Å². The Hall–Kier alpha value is -2.09. The third-order valence-electron chi connectivity index (χ3n) is 4.62. The van der Waals surface area contributed by atoms with Gasteiger partial charge < -0.3 is 15.2 Å². The van der Waals surface area contributed by atoms with Crippen LogP contribution in [0.15, 0.2) is 53.4 Å². The highest BCUT2D eigenvalue weighted by atomic mass is 32.2. The Labute approximate surface area is 174 Å². The molecule has 0 aliphatic rings. The third kappa shape index (κ3) is 6.73. The Morgan fingerprint density at radius 1 is 1.07 bits per heavy atom. The number of aliphatic hydroxyl groups excluding tert-OH is 1. The predicted molar refractivity (Wildman–Crippen MR) is 117 cm³/mol. The summed E-state index contributed by atoms with van der Waals surface area (Å²) in [7, 11) is -2.27. The number of aliphatic hydroxyl groups is 1. The molecular weight excluding hydrogens is 388 g/mol. The molecular formula is C22H32N2O4S. The van der Waals surface area contributed by atoms with Gasteiger partial charge in [0.05, 0.1) is 30.3 Å². The van der Waals surface area contributed by atoms with Crippen LogP contribution in [0.3, 0.4) is 0 Å². The summed E-state index contributed by atoms with van der Waals surface area (Å²) in [4.78, 5) is 0.193. The molecule has 2 aromatic carbocycles. The minimum absolute atomic E-state index is 0.0444. The lowest BCUT2D eigenvalue weighted by Gasteiger charge is -2.27. The number of aryl methyl sites for hydroxylation is 1. The van der Waals surface area contributed by atoms with Gasteiger partial charge in [0.25, 0.3) is 10.0 Å². The van der Waals surface area contributed by atoms with Crippen molar-refractivity contribution in [2.75, 3.05) is 31.0 Å². The van der Waals surface area contributed by atoms with Gasteiger partial charge in [-0.2, -0.15) is 0 Å². The Bertz CT molecular complexity index is 849. The summed E-state index contributed by atoms with van der Waals surface area (Å²) in [6, 6.07) is 13.5. The van der Waals surface area contributed by atoms with Crippen LogP contribution in [0.5, 0.6) is 5.75 Å². The Morgan fingerprint density at radius 3 is 2.24 bits per heavy atom. The maximum Gasteiger partial charge on any atom is 0.264 e. The number of nitrogens with one attached hydrogen (secondary N) is 1. The zero-order valence-electron chi connectivity index (χ0n) is 17.6. The van der Waals surface area contributed by atoms with Gasteiger partial charge in [0.1, 0.15) is 5.75 Å². The summed E-state index contributed by atoms with van der Waals surface area (Å²) in [5, 5.41) is 13.7. The van der Waals surface area contributed by atoms with Crippen molar-refractivity contribution in [3.8, 4) is 5.75 Å². The first kappa shape index (κ1) is 23.2. The molecule has 2 N–H and O–H groups in total. The number of anilines is 1. The lowest BCUT2D eigenvalue weighted by molar-refractivity contribution is 0.180. The van der Waals surface area contributed by atoms with E-state index in [1.807, 2.05) is 6.92 Å². The van der Waals surface area contributed by atoms with Gasteiger partial charge in [-0.3, -0.25) is 4.31 Å². The zero-order valence-corrected chi connectivity index (χ0v) is 18.4. The van der Waals surface area contributed by atoms with E-state index in [2.05, 4.69) is 19.2 Å². The first-order valence-electron chi connectivity index (χ1n) is 9.86. The summed E-state index contributed by atoms with van der Waals surface area (Å²) in [6.45, 7) is 7.24. The van der Waals surface area contributed by atoms with Crippen LogP contribution in [0.25, 0.3) is 0 Å². The number of hydrogen-bond acceptors (Lipinski definition) is 5. The molecule has 0 bridgehead atoms. The van der Waals surface area contributed by atoms with Gasteiger partial charge in [0, 0.05) is 6.54 Å². The van der Waals surface area contributed by atoms with Crippen LogP contribution in [0.2, 0.25) is 0 Å². The zero-order chi connectivity index (χ0) is 21.4. The fourth-order valence-electron chi connectivity index (χ4n) is 2.84. The molecule has 0 amide bonds. The fraction of sp³-hybridized carbons (Fsp3) is 0.455. The van der Waals surface area contributed by atoms with Crippen molar-refractivity contribution in [3.05, 3.63) is 54.1 Å². The Balaban J connectivity index is 2.24. The van der Waals surface area contributed by atoms with Crippen LogP contribution in [0, 0.1) is 12.8 Å². The van der Waals surface area contributed by atoms with Crippen LogP contribution >= 0.6 is 0 Å². The van der Waals surface area contributed by atoms with E-state index in [9.17, 15) is 13.5 Å². The van der Waals surface area contributed by atoms with Crippen molar-refractivity contribution in [1.29, 1.82) is 0 Å². The summed E-state index contributed by atoms with van der Waals surface area (Å²) in [5.74, 6) is 1.20. The first-order chi connectivity index (χ1) is 13.7. The van der Waals surface area contributed by atoms with Crippen LogP contribution in [0.1, 0.15) is 25.8 Å². The second-order valence-corrected chi connectivity index (χ2v) is 9.45. The largest absolute Gasteiger partial charge is 0.497 e. The third-order valence-corrected chi connectivity index (χ3v) is 6.43. The van der Waals surface area contributed by atoms with E-state index >= 15 is 0 Å². The molecule has 6 nitrogen and oxygen atoms in total. The molecule has 7 heteroatoms. The number of ether oxygens (including phenoxy) is 1. The van der Waals surface area contributed by atoms with Gasteiger partial charge in [-0.15, -0.1) is 0 Å². The average Bonchev–Trinajstić information content (AvgIpc) is 2.69. The first-order valence-corrected chi connectivity index (χ1v) is 11.3. The molecule has 0 aliphatic carbocycles. The molecule has 2 aromatic rings. The van der Waals surface area contributed by atoms with E-state index in [1.54, 1.807) is 55.6 Å². The lowest BCUT2D eigenvalue weighted by Crippen LogP contribution is -2.42. The highest BCUT2D eigenvalue weighted by molar-refractivity contribution is 7.92. The molecule has 0 aliphatic heterocycles. The van der Waals surface area contributed by atoms with Gasteiger partial charge in [-0.1, -0.05) is 31.5 Å². The quantitative estimate of drug-likeness (QED) is 0.546. The molecule has 0 unspecified atom stereocenters. The molecule has 160 valence electrons. The average molecular weight is 421 g/mol. The normalized spacial score (nSPS) is 12.8.